The van der Waals surface area contributed by atoms with Crippen molar-refractivity contribution in [1.82, 2.24) is 10.2 Å². The standard InChI is InChI=1S/C17H17N3O2S2/c21-15(14-4-3-11-24-14)19-17(23)18-13-7-5-12(6-8-13)16(22)20-9-1-2-10-20/h3-8,11H,1-2,9-10H2,(H2,18,19,21,23). The second-order valence-electron chi connectivity index (χ2n) is 5.46. The van der Waals surface area contributed by atoms with Crippen molar-refractivity contribution >= 4 is 46.2 Å². The number of thiophene rings is 1. The molecule has 1 saturated heterocycles. The maximum Gasteiger partial charge on any atom is 0.267 e. The van der Waals surface area contributed by atoms with Crippen LogP contribution < -0.4 is 10.6 Å². The van der Waals surface area contributed by atoms with Gasteiger partial charge in [0.15, 0.2) is 5.11 Å². The van der Waals surface area contributed by atoms with Crippen LogP contribution in [0.2, 0.25) is 0 Å². The number of hydrogen-bond acceptors (Lipinski definition) is 4. The minimum absolute atomic E-state index is 0.0626. The van der Waals surface area contributed by atoms with Gasteiger partial charge in [-0.25, -0.2) is 0 Å². The molecule has 3 rings (SSSR count). The Morgan fingerprint density at radius 2 is 1.79 bits per heavy atom. The van der Waals surface area contributed by atoms with Gasteiger partial charge in [-0.1, -0.05) is 6.07 Å². The number of nitrogens with one attached hydrogen (secondary N) is 2. The summed E-state index contributed by atoms with van der Waals surface area (Å²) >= 11 is 6.50. The molecule has 0 bridgehead atoms. The number of rotatable bonds is 3. The summed E-state index contributed by atoms with van der Waals surface area (Å²) in [6, 6.07) is 10.7. The summed E-state index contributed by atoms with van der Waals surface area (Å²) in [6.45, 7) is 1.66. The molecule has 0 aliphatic carbocycles. The first-order valence-electron chi connectivity index (χ1n) is 7.68. The molecule has 2 heterocycles. The molecule has 5 nitrogen and oxygen atoms in total. The molecule has 1 fully saturated rings. The van der Waals surface area contributed by atoms with E-state index < -0.39 is 0 Å². The van der Waals surface area contributed by atoms with Crippen LogP contribution in [0.1, 0.15) is 32.9 Å². The van der Waals surface area contributed by atoms with Gasteiger partial charge < -0.3 is 10.2 Å². The maximum absolute atomic E-state index is 12.3. The number of carbonyl (C=O) groups is 2. The molecule has 2 amide bonds. The Hall–Kier alpha value is -2.25. The van der Waals surface area contributed by atoms with Crippen LogP contribution in [0.15, 0.2) is 41.8 Å². The molecule has 1 aromatic carbocycles. The van der Waals surface area contributed by atoms with E-state index >= 15 is 0 Å². The number of nitrogens with zero attached hydrogens (tertiary/aromatic N) is 1. The van der Waals surface area contributed by atoms with Crippen molar-refractivity contribution in [2.24, 2.45) is 0 Å². The highest BCUT2D eigenvalue weighted by atomic mass is 32.1. The van der Waals surface area contributed by atoms with Crippen LogP contribution in [0, 0.1) is 0 Å². The van der Waals surface area contributed by atoms with E-state index in [-0.39, 0.29) is 16.9 Å². The second-order valence-corrected chi connectivity index (χ2v) is 6.82. The quantitative estimate of drug-likeness (QED) is 0.827. The van der Waals surface area contributed by atoms with Gasteiger partial charge in [0, 0.05) is 24.3 Å². The average molecular weight is 359 g/mol. The molecule has 7 heteroatoms. The van der Waals surface area contributed by atoms with Gasteiger partial charge in [0.1, 0.15) is 0 Å². The van der Waals surface area contributed by atoms with Crippen molar-refractivity contribution < 1.29 is 9.59 Å². The van der Waals surface area contributed by atoms with Crippen LogP contribution in [0.4, 0.5) is 5.69 Å². The molecule has 0 radical (unpaired) electrons. The fraction of sp³-hybridized carbons (Fsp3) is 0.235. The van der Waals surface area contributed by atoms with Crippen molar-refractivity contribution in [3.63, 3.8) is 0 Å². The number of anilines is 1. The van der Waals surface area contributed by atoms with E-state index in [0.29, 0.717) is 10.4 Å². The Kier molecular flexibility index (Phi) is 5.22. The van der Waals surface area contributed by atoms with Crippen LogP contribution >= 0.6 is 23.6 Å². The van der Waals surface area contributed by atoms with Crippen molar-refractivity contribution in [3.05, 3.63) is 52.2 Å². The fourth-order valence-corrected chi connectivity index (χ4v) is 3.36. The summed E-state index contributed by atoms with van der Waals surface area (Å²) in [5, 5.41) is 7.64. The zero-order valence-electron chi connectivity index (χ0n) is 13.0. The first-order chi connectivity index (χ1) is 11.6. The SMILES string of the molecule is O=C(NC(=S)Nc1ccc(C(=O)N2CCCC2)cc1)c1cccs1. The molecule has 0 atom stereocenters. The highest BCUT2D eigenvalue weighted by Gasteiger charge is 2.19. The lowest BCUT2D eigenvalue weighted by Gasteiger charge is -2.15. The highest BCUT2D eigenvalue weighted by molar-refractivity contribution is 7.80. The van der Waals surface area contributed by atoms with E-state index in [4.69, 9.17) is 12.2 Å². The highest BCUT2D eigenvalue weighted by Crippen LogP contribution is 2.15. The molecule has 0 saturated carbocycles. The lowest BCUT2D eigenvalue weighted by Crippen LogP contribution is -2.33. The minimum atomic E-state index is -0.233. The summed E-state index contributed by atoms with van der Waals surface area (Å²) in [6.07, 6.45) is 2.15. The zero-order chi connectivity index (χ0) is 16.9. The minimum Gasteiger partial charge on any atom is -0.339 e. The summed E-state index contributed by atoms with van der Waals surface area (Å²) in [4.78, 5) is 26.7. The number of amides is 2. The van der Waals surface area contributed by atoms with Gasteiger partial charge in [-0.15, -0.1) is 11.3 Å². The third-order valence-corrected chi connectivity index (χ3v) is 4.83. The summed E-state index contributed by atoms with van der Waals surface area (Å²) in [5.74, 6) is -0.170. The van der Waals surface area contributed by atoms with Gasteiger partial charge in [-0.05, 0) is 60.8 Å². The Balaban J connectivity index is 1.56. The zero-order valence-corrected chi connectivity index (χ0v) is 14.6. The summed E-state index contributed by atoms with van der Waals surface area (Å²) in [7, 11) is 0. The van der Waals surface area contributed by atoms with E-state index in [1.165, 1.54) is 11.3 Å². The van der Waals surface area contributed by atoms with Gasteiger partial charge >= 0.3 is 0 Å². The predicted molar refractivity (Wildman–Crippen MR) is 99.6 cm³/mol. The molecule has 24 heavy (non-hydrogen) atoms. The fourth-order valence-electron chi connectivity index (χ4n) is 2.53. The molecular formula is C17H17N3O2S2. The molecule has 1 aromatic heterocycles. The number of thiocarbonyl (C=S) groups is 1. The van der Waals surface area contributed by atoms with Crippen LogP contribution in [0.3, 0.4) is 0 Å². The van der Waals surface area contributed by atoms with Gasteiger partial charge in [0.05, 0.1) is 4.88 Å². The van der Waals surface area contributed by atoms with Crippen molar-refractivity contribution in [3.8, 4) is 0 Å². The van der Waals surface area contributed by atoms with E-state index in [0.717, 1.165) is 31.6 Å². The van der Waals surface area contributed by atoms with Crippen LogP contribution in [-0.2, 0) is 0 Å². The Morgan fingerprint density at radius 1 is 1.08 bits per heavy atom. The molecule has 124 valence electrons. The normalized spacial score (nSPS) is 13.6. The topological polar surface area (TPSA) is 61.4 Å². The summed E-state index contributed by atoms with van der Waals surface area (Å²) < 4.78 is 0. The molecule has 0 spiro atoms. The van der Waals surface area contributed by atoms with E-state index in [9.17, 15) is 9.59 Å². The monoisotopic (exact) mass is 359 g/mol. The number of likely N-dealkylation sites (tertiary alicyclic amines) is 1. The first kappa shape index (κ1) is 16.6. The van der Waals surface area contributed by atoms with E-state index in [2.05, 4.69) is 10.6 Å². The van der Waals surface area contributed by atoms with Crippen molar-refractivity contribution in [1.29, 1.82) is 0 Å². The number of hydrogen-bond donors (Lipinski definition) is 2. The Labute approximate surface area is 149 Å². The maximum atomic E-state index is 12.3. The third kappa shape index (κ3) is 3.98. The predicted octanol–water partition coefficient (Wildman–Crippen LogP) is 3.11. The third-order valence-electron chi connectivity index (χ3n) is 3.76. The molecule has 1 aliphatic heterocycles. The Morgan fingerprint density at radius 3 is 2.42 bits per heavy atom. The molecule has 1 aliphatic rings. The van der Waals surface area contributed by atoms with Crippen LogP contribution in [0.5, 0.6) is 0 Å². The van der Waals surface area contributed by atoms with E-state index in [1.54, 1.807) is 30.3 Å². The molecule has 2 N–H and O–H groups in total. The molecule has 0 unspecified atom stereocenters. The Bertz CT molecular complexity index is 736. The van der Waals surface area contributed by atoms with Gasteiger partial charge in [0.25, 0.3) is 11.8 Å². The van der Waals surface area contributed by atoms with Gasteiger partial charge in [-0.2, -0.15) is 0 Å². The number of benzene rings is 1. The largest absolute Gasteiger partial charge is 0.339 e. The molecule has 2 aromatic rings. The van der Waals surface area contributed by atoms with Gasteiger partial charge in [0.2, 0.25) is 0 Å². The smallest absolute Gasteiger partial charge is 0.267 e. The second kappa shape index (κ2) is 7.55. The average Bonchev–Trinajstić information content (AvgIpc) is 3.28. The van der Waals surface area contributed by atoms with Crippen LogP contribution in [0.25, 0.3) is 0 Å². The first-order valence-corrected chi connectivity index (χ1v) is 8.97. The lowest BCUT2D eigenvalue weighted by atomic mass is 10.2. The number of carbonyl (C=O) groups excluding carboxylic acids is 2. The van der Waals surface area contributed by atoms with Crippen molar-refractivity contribution in [2.45, 2.75) is 12.8 Å². The lowest BCUT2D eigenvalue weighted by molar-refractivity contribution is 0.0792. The molecular weight excluding hydrogens is 342 g/mol. The van der Waals surface area contributed by atoms with Crippen LogP contribution in [-0.4, -0.2) is 34.9 Å². The van der Waals surface area contributed by atoms with Crippen molar-refractivity contribution in [2.75, 3.05) is 18.4 Å². The van der Waals surface area contributed by atoms with E-state index in [1.807, 2.05) is 16.3 Å². The summed E-state index contributed by atoms with van der Waals surface area (Å²) in [5.41, 5.74) is 1.39. The van der Waals surface area contributed by atoms with Gasteiger partial charge in [-0.3, -0.25) is 14.9 Å².